The number of rotatable bonds is 10. The van der Waals surface area contributed by atoms with Gasteiger partial charge in [-0.3, -0.25) is 0 Å². The van der Waals surface area contributed by atoms with Gasteiger partial charge in [0.1, 0.15) is 0 Å². The molecule has 2 aliphatic heterocycles. The summed E-state index contributed by atoms with van der Waals surface area (Å²) in [4.78, 5) is 5.14. The zero-order valence-corrected chi connectivity index (χ0v) is 62.5. The Bertz CT molecular complexity index is 7300. The van der Waals surface area contributed by atoms with Crippen molar-refractivity contribution in [2.75, 3.05) is 9.80 Å². The van der Waals surface area contributed by atoms with Crippen LogP contribution in [0.15, 0.2) is 358 Å². The molecule has 4 nitrogen and oxygen atoms in total. The van der Waals surface area contributed by atoms with Gasteiger partial charge in [0.25, 0.3) is 0 Å². The SMILES string of the molecule is [2H]c1c([2H])c([2H])c2c(c1[2H])c1c([2H])c([2H])c([2H])c([2H])c1n2-c1ccc2c(c1)N(c1c(-c3ccccc3)cc3c(c1-c1ccccc1)c1ccccc1n3-c1ccccc1)c1cc(-c3cc(C(C)(C)C)cc(C(C)(C)C)c3)cc3c1C2c1cc(-c2ccccc2)ccc1N3c1c(-c2ccccc2)cc2sc3ccccc3c2c1-c1ccccc1. The van der Waals surface area contributed by atoms with Crippen molar-refractivity contribution in [3.05, 3.63) is 386 Å². The third-order valence-electron chi connectivity index (χ3n) is 22.8. The van der Waals surface area contributed by atoms with E-state index in [1.807, 2.05) is 17.4 Å². The number of benzene rings is 16. The van der Waals surface area contributed by atoms with Crippen LogP contribution in [0.4, 0.5) is 34.1 Å². The number of para-hydroxylation sites is 4. The van der Waals surface area contributed by atoms with Gasteiger partial charge in [0.2, 0.25) is 0 Å². The summed E-state index contributed by atoms with van der Waals surface area (Å²) >= 11 is 1.82. The number of thiophene rings is 1. The summed E-state index contributed by atoms with van der Waals surface area (Å²) in [6.07, 6.45) is 0. The average Bonchev–Trinajstić information content (AvgIpc) is 1.47. The topological polar surface area (TPSA) is 16.3 Å². The van der Waals surface area contributed by atoms with Gasteiger partial charge in [0, 0.05) is 86.8 Å². The van der Waals surface area contributed by atoms with Crippen LogP contribution in [0.1, 0.15) is 86.2 Å². The molecule has 0 saturated carbocycles. The Kier molecular flexibility index (Phi) is 13.1. The molecule has 0 saturated heterocycles. The molecule has 2 aliphatic rings. The second-order valence-corrected chi connectivity index (χ2v) is 32.4. The highest BCUT2D eigenvalue weighted by Gasteiger charge is 2.45. The standard InChI is InChI=1S/C105H78N4S/c1-104(2,3)74-57-72(58-75(62-74)105(4,5)6)73-60-91-101-92(61-73)109(102-83(67-35-15-8-16-36-67)64-93-99(96(102)69-39-19-10-20-40-69)80-47-27-31-51-88(80)106(93)76-43-23-12-24-44-76)90-63-77(107-86-49-29-25-45-78(86)79-46-26-30-50-87(79)107)54-55-81(90)98(101)85-59-71(66-33-13-7-14-34-66)53-56-89(85)108(91)103-84(68-37-17-9-18-38-68)65-95-100(82-48-28-32-52-94(82)110-95)97(103)70-41-21-11-22-42-70/h7-65,98H,1-6H3/i25D,26D,29D,30D,45D,46D,49D,50D. The Hall–Kier alpha value is -13.1. The van der Waals surface area contributed by atoms with Gasteiger partial charge in [0.15, 0.2) is 0 Å². The molecule has 16 aromatic carbocycles. The van der Waals surface area contributed by atoms with Crippen molar-refractivity contribution in [2.45, 2.75) is 58.3 Å². The van der Waals surface area contributed by atoms with E-state index in [1.165, 1.54) is 15.8 Å². The molecule has 110 heavy (non-hydrogen) atoms. The van der Waals surface area contributed by atoms with E-state index >= 15 is 0 Å². The van der Waals surface area contributed by atoms with Gasteiger partial charge in [-0.2, -0.15) is 0 Å². The Morgan fingerprint density at radius 3 is 1.37 bits per heavy atom. The third-order valence-corrected chi connectivity index (χ3v) is 23.9. The molecular weight excluding hydrogens is 1350 g/mol. The lowest BCUT2D eigenvalue weighted by Gasteiger charge is -2.47. The predicted molar refractivity (Wildman–Crippen MR) is 468 cm³/mol. The zero-order chi connectivity index (χ0) is 80.6. The van der Waals surface area contributed by atoms with E-state index in [9.17, 15) is 11.0 Å². The monoisotopic (exact) mass is 1430 g/mol. The Morgan fingerprint density at radius 1 is 0.300 bits per heavy atom. The van der Waals surface area contributed by atoms with Crippen molar-refractivity contribution < 1.29 is 11.0 Å². The second-order valence-electron chi connectivity index (χ2n) is 31.3. The number of fused-ring (bicyclic) bond motifs is 13. The fourth-order valence-electron chi connectivity index (χ4n) is 17.7. The number of nitrogens with zero attached hydrogens (tertiary/aromatic N) is 4. The normalized spacial score (nSPS) is 14.4. The quantitative estimate of drug-likeness (QED) is 0.136. The van der Waals surface area contributed by atoms with Crippen molar-refractivity contribution in [3.63, 3.8) is 0 Å². The highest BCUT2D eigenvalue weighted by atomic mass is 32.1. The van der Waals surface area contributed by atoms with Crippen molar-refractivity contribution >= 4 is 109 Å². The largest absolute Gasteiger partial charge is 0.309 e. The van der Waals surface area contributed by atoms with Crippen LogP contribution in [-0.2, 0) is 10.8 Å². The lowest BCUT2D eigenvalue weighted by Crippen LogP contribution is -2.30. The van der Waals surface area contributed by atoms with Crippen LogP contribution in [0.2, 0.25) is 0 Å². The van der Waals surface area contributed by atoms with Crippen LogP contribution in [0.3, 0.4) is 0 Å². The van der Waals surface area contributed by atoms with E-state index in [2.05, 4.69) is 359 Å². The molecule has 19 aromatic rings. The Balaban J connectivity index is 1.02. The van der Waals surface area contributed by atoms with Crippen molar-refractivity contribution in [2.24, 2.45) is 0 Å². The van der Waals surface area contributed by atoms with Crippen LogP contribution in [0, 0.1) is 0 Å². The van der Waals surface area contributed by atoms with Gasteiger partial charge in [-0.05, 0) is 162 Å². The van der Waals surface area contributed by atoms with Crippen LogP contribution >= 0.6 is 11.3 Å². The minimum Gasteiger partial charge on any atom is -0.309 e. The van der Waals surface area contributed by atoms with Gasteiger partial charge in [0.05, 0.1) is 67.2 Å². The molecule has 3 aromatic heterocycles. The van der Waals surface area contributed by atoms with E-state index < -0.39 is 42.2 Å². The minimum atomic E-state index is -0.566. The molecule has 0 amide bonds. The van der Waals surface area contributed by atoms with Crippen LogP contribution in [0.25, 0.3) is 142 Å². The van der Waals surface area contributed by atoms with Gasteiger partial charge >= 0.3 is 0 Å². The van der Waals surface area contributed by atoms with E-state index in [4.69, 9.17) is 0 Å². The molecule has 0 N–H and O–H groups in total. The predicted octanol–water partition coefficient (Wildman–Crippen LogP) is 29.6. The number of anilines is 6. The molecule has 0 bridgehead atoms. The van der Waals surface area contributed by atoms with Crippen LogP contribution in [0.5, 0.6) is 0 Å². The second kappa shape index (κ2) is 25.3. The van der Waals surface area contributed by atoms with Crippen LogP contribution < -0.4 is 9.80 Å². The van der Waals surface area contributed by atoms with Crippen molar-refractivity contribution in [3.8, 4) is 78.1 Å². The third kappa shape index (κ3) is 10.3. The number of hydrogen-bond acceptors (Lipinski definition) is 3. The molecule has 0 fully saturated rings. The van der Waals surface area contributed by atoms with Gasteiger partial charge in [-0.1, -0.05) is 314 Å². The fourth-order valence-corrected chi connectivity index (χ4v) is 18.8. The first kappa shape index (κ1) is 57.2. The summed E-state index contributed by atoms with van der Waals surface area (Å²) in [6, 6.07) is 109. The smallest absolute Gasteiger partial charge is 0.0645 e. The first-order valence-corrected chi connectivity index (χ1v) is 38.7. The molecule has 0 radical (unpaired) electrons. The fraction of sp³-hybridized carbons (Fsp3) is 0.0857. The lowest BCUT2D eigenvalue weighted by molar-refractivity contribution is 0.569. The summed E-state index contributed by atoms with van der Waals surface area (Å²) in [7, 11) is 0. The first-order valence-electron chi connectivity index (χ1n) is 41.8. The summed E-state index contributed by atoms with van der Waals surface area (Å²) in [6.45, 7) is 13.8. The highest BCUT2D eigenvalue weighted by Crippen LogP contribution is 2.66. The molecule has 1 atom stereocenters. The maximum Gasteiger partial charge on any atom is 0.0645 e. The number of hydrogen-bond donors (Lipinski definition) is 0. The highest BCUT2D eigenvalue weighted by molar-refractivity contribution is 7.26. The zero-order valence-electron chi connectivity index (χ0n) is 69.7. The van der Waals surface area contributed by atoms with E-state index in [0.717, 1.165) is 161 Å². The summed E-state index contributed by atoms with van der Waals surface area (Å²) < 4.78 is 83.4. The lowest BCUT2D eigenvalue weighted by atomic mass is 9.73. The van der Waals surface area contributed by atoms with Crippen LogP contribution in [-0.4, -0.2) is 9.13 Å². The summed E-state index contributed by atoms with van der Waals surface area (Å²) in [5.41, 5.74) is 25.8. The molecule has 0 aliphatic carbocycles. The molecule has 0 spiro atoms. The van der Waals surface area contributed by atoms with Gasteiger partial charge in [-0.25, -0.2) is 0 Å². The van der Waals surface area contributed by atoms with Gasteiger partial charge in [-0.15, -0.1) is 11.3 Å². The average molecular weight is 1440 g/mol. The molecule has 1 unspecified atom stereocenters. The first-order chi connectivity index (χ1) is 57.2. The molecule has 21 rings (SSSR count). The van der Waals surface area contributed by atoms with E-state index in [1.54, 1.807) is 4.57 Å². The molecule has 5 heterocycles. The van der Waals surface area contributed by atoms with E-state index in [0.29, 0.717) is 5.69 Å². The summed E-state index contributed by atoms with van der Waals surface area (Å²) in [5, 5.41) is 4.38. The maximum atomic E-state index is 10.0. The molecular formula is C105H78N4S. The van der Waals surface area contributed by atoms with Crippen molar-refractivity contribution in [1.82, 2.24) is 9.13 Å². The molecule has 5 heteroatoms. The van der Waals surface area contributed by atoms with Gasteiger partial charge < -0.3 is 18.9 Å². The molecule has 524 valence electrons. The van der Waals surface area contributed by atoms with E-state index in [-0.39, 0.29) is 44.7 Å². The Morgan fingerprint density at radius 2 is 0.782 bits per heavy atom. The Labute approximate surface area is 657 Å². The summed E-state index contributed by atoms with van der Waals surface area (Å²) in [5.74, 6) is -0.566. The van der Waals surface area contributed by atoms with Crippen molar-refractivity contribution in [1.29, 1.82) is 0 Å². The minimum absolute atomic E-state index is 0.000395. The number of aromatic nitrogens is 2. The maximum absolute atomic E-state index is 10.0.